The van der Waals surface area contributed by atoms with E-state index in [0.29, 0.717) is 35.3 Å². The van der Waals surface area contributed by atoms with Crippen LogP contribution in [-0.4, -0.2) is 27.9 Å². The molecule has 1 amide bonds. The molecule has 0 radical (unpaired) electrons. The van der Waals surface area contributed by atoms with E-state index in [1.807, 2.05) is 12.1 Å². The summed E-state index contributed by atoms with van der Waals surface area (Å²) in [7, 11) is 0. The van der Waals surface area contributed by atoms with Gasteiger partial charge in [-0.2, -0.15) is 0 Å². The third-order valence-corrected chi connectivity index (χ3v) is 4.18. The van der Waals surface area contributed by atoms with Gasteiger partial charge in [0.25, 0.3) is 11.5 Å². The fourth-order valence-electron chi connectivity index (χ4n) is 2.73. The van der Waals surface area contributed by atoms with Gasteiger partial charge in [-0.1, -0.05) is 30.3 Å². The van der Waals surface area contributed by atoms with E-state index in [-0.39, 0.29) is 17.9 Å². The SMILES string of the molecule is C[C@H](OC(=O)CCCc1nc2ccccc2c(=O)[nH]1)C(=O)Nc1ccccc1. The van der Waals surface area contributed by atoms with Crippen molar-refractivity contribution in [3.05, 3.63) is 70.8 Å². The highest BCUT2D eigenvalue weighted by molar-refractivity contribution is 5.95. The van der Waals surface area contributed by atoms with Crippen LogP contribution in [0.4, 0.5) is 5.69 Å². The lowest BCUT2D eigenvalue weighted by molar-refractivity contribution is -0.153. The standard InChI is InChI=1S/C21H21N3O4/c1-14(20(26)22-15-8-3-2-4-9-15)28-19(25)13-7-12-18-23-17-11-6-5-10-16(17)21(27)24-18/h2-6,8-11,14H,7,12-13H2,1H3,(H,22,26)(H,23,24,27)/t14-/m0/s1. The molecule has 0 saturated carbocycles. The van der Waals surface area contributed by atoms with Crippen molar-refractivity contribution in [2.75, 3.05) is 5.32 Å². The molecule has 0 aliphatic rings. The number of carbonyl (C=O) groups excluding carboxylic acids is 2. The van der Waals surface area contributed by atoms with Gasteiger partial charge in [-0.05, 0) is 37.6 Å². The van der Waals surface area contributed by atoms with E-state index in [0.717, 1.165) is 0 Å². The minimum atomic E-state index is -0.897. The highest BCUT2D eigenvalue weighted by atomic mass is 16.5. The molecule has 1 atom stereocenters. The summed E-state index contributed by atoms with van der Waals surface area (Å²) in [6.45, 7) is 1.53. The van der Waals surface area contributed by atoms with Crippen molar-refractivity contribution in [1.82, 2.24) is 9.97 Å². The van der Waals surface area contributed by atoms with Crippen molar-refractivity contribution in [2.24, 2.45) is 0 Å². The second kappa shape index (κ2) is 8.94. The van der Waals surface area contributed by atoms with E-state index in [4.69, 9.17) is 4.74 Å². The Kier molecular flexibility index (Phi) is 6.16. The van der Waals surface area contributed by atoms with Crippen LogP contribution in [0, 0.1) is 0 Å². The summed E-state index contributed by atoms with van der Waals surface area (Å²) in [5.74, 6) is -0.342. The average Bonchev–Trinajstić information content (AvgIpc) is 2.69. The Morgan fingerprint density at radius 2 is 1.82 bits per heavy atom. The van der Waals surface area contributed by atoms with Gasteiger partial charge < -0.3 is 15.0 Å². The van der Waals surface area contributed by atoms with E-state index in [2.05, 4.69) is 15.3 Å². The minimum absolute atomic E-state index is 0.124. The number of H-pyrrole nitrogens is 1. The zero-order valence-electron chi connectivity index (χ0n) is 15.5. The van der Waals surface area contributed by atoms with Crippen molar-refractivity contribution in [3.63, 3.8) is 0 Å². The zero-order chi connectivity index (χ0) is 19.9. The number of fused-ring (bicyclic) bond motifs is 1. The van der Waals surface area contributed by atoms with Crippen LogP contribution in [0.2, 0.25) is 0 Å². The van der Waals surface area contributed by atoms with Gasteiger partial charge in [0.1, 0.15) is 5.82 Å². The number of aromatic amines is 1. The van der Waals surface area contributed by atoms with Crippen LogP contribution >= 0.6 is 0 Å². The molecule has 0 aliphatic carbocycles. The fraction of sp³-hybridized carbons (Fsp3) is 0.238. The summed E-state index contributed by atoms with van der Waals surface area (Å²) < 4.78 is 5.17. The first-order valence-corrected chi connectivity index (χ1v) is 9.06. The van der Waals surface area contributed by atoms with Gasteiger partial charge in [0.2, 0.25) is 0 Å². The summed E-state index contributed by atoms with van der Waals surface area (Å²) in [6, 6.07) is 16.0. The summed E-state index contributed by atoms with van der Waals surface area (Å²) in [5.41, 5.74) is 1.06. The summed E-state index contributed by atoms with van der Waals surface area (Å²) in [5, 5.41) is 3.22. The first kappa shape index (κ1) is 19.3. The number of aromatic nitrogens is 2. The lowest BCUT2D eigenvalue weighted by Gasteiger charge is -2.13. The van der Waals surface area contributed by atoms with Crippen LogP contribution < -0.4 is 10.9 Å². The van der Waals surface area contributed by atoms with Crippen LogP contribution in [0.25, 0.3) is 10.9 Å². The Morgan fingerprint density at radius 3 is 2.61 bits per heavy atom. The third kappa shape index (κ3) is 5.03. The summed E-state index contributed by atoms with van der Waals surface area (Å²) in [6.07, 6.45) is 0.109. The molecule has 0 aliphatic heterocycles. The molecule has 0 bridgehead atoms. The van der Waals surface area contributed by atoms with E-state index < -0.39 is 12.1 Å². The Balaban J connectivity index is 1.48. The van der Waals surface area contributed by atoms with Crippen molar-refractivity contribution < 1.29 is 14.3 Å². The minimum Gasteiger partial charge on any atom is -0.453 e. The van der Waals surface area contributed by atoms with Gasteiger partial charge in [-0.3, -0.25) is 14.4 Å². The van der Waals surface area contributed by atoms with Gasteiger partial charge in [-0.15, -0.1) is 0 Å². The molecule has 3 aromatic rings. The van der Waals surface area contributed by atoms with Crippen LogP contribution in [0.5, 0.6) is 0 Å². The zero-order valence-corrected chi connectivity index (χ0v) is 15.5. The molecule has 1 heterocycles. The lowest BCUT2D eigenvalue weighted by Crippen LogP contribution is -2.29. The van der Waals surface area contributed by atoms with Crippen LogP contribution in [0.15, 0.2) is 59.4 Å². The number of esters is 1. The molecule has 0 saturated heterocycles. The maximum absolute atomic E-state index is 12.1. The highest BCUT2D eigenvalue weighted by Crippen LogP contribution is 2.09. The number of nitrogens with zero attached hydrogens (tertiary/aromatic N) is 1. The summed E-state index contributed by atoms with van der Waals surface area (Å²) >= 11 is 0. The second-order valence-electron chi connectivity index (χ2n) is 6.37. The van der Waals surface area contributed by atoms with Crippen molar-refractivity contribution in [3.8, 4) is 0 Å². The molecule has 2 N–H and O–H groups in total. The van der Waals surface area contributed by atoms with E-state index in [1.54, 1.807) is 42.5 Å². The smallest absolute Gasteiger partial charge is 0.306 e. The first-order valence-electron chi connectivity index (χ1n) is 9.06. The van der Waals surface area contributed by atoms with Crippen LogP contribution in [0.1, 0.15) is 25.6 Å². The number of hydrogen-bond acceptors (Lipinski definition) is 5. The highest BCUT2D eigenvalue weighted by Gasteiger charge is 2.17. The van der Waals surface area contributed by atoms with Crippen molar-refractivity contribution in [1.29, 1.82) is 0 Å². The van der Waals surface area contributed by atoms with E-state index in [9.17, 15) is 14.4 Å². The number of amides is 1. The number of hydrogen-bond donors (Lipinski definition) is 2. The average molecular weight is 379 g/mol. The largest absolute Gasteiger partial charge is 0.453 e. The van der Waals surface area contributed by atoms with E-state index >= 15 is 0 Å². The lowest BCUT2D eigenvalue weighted by atomic mass is 10.2. The summed E-state index contributed by atoms with van der Waals surface area (Å²) in [4.78, 5) is 43.2. The Labute approximate surface area is 161 Å². The van der Waals surface area contributed by atoms with Crippen LogP contribution in [-0.2, 0) is 20.7 Å². The molecule has 0 spiro atoms. The van der Waals surface area contributed by atoms with Gasteiger partial charge in [0.15, 0.2) is 6.10 Å². The number of carbonyl (C=O) groups is 2. The Hall–Kier alpha value is -3.48. The molecule has 28 heavy (non-hydrogen) atoms. The number of para-hydroxylation sites is 2. The third-order valence-electron chi connectivity index (χ3n) is 4.18. The number of ether oxygens (including phenoxy) is 1. The maximum Gasteiger partial charge on any atom is 0.306 e. The molecule has 1 aromatic heterocycles. The molecule has 144 valence electrons. The van der Waals surface area contributed by atoms with Gasteiger partial charge in [0.05, 0.1) is 10.9 Å². The predicted octanol–water partition coefficient (Wildman–Crippen LogP) is 2.82. The van der Waals surface area contributed by atoms with Crippen LogP contribution in [0.3, 0.4) is 0 Å². The van der Waals surface area contributed by atoms with Crippen molar-refractivity contribution in [2.45, 2.75) is 32.3 Å². The number of anilines is 1. The normalized spacial score (nSPS) is 11.8. The van der Waals surface area contributed by atoms with Gasteiger partial charge in [0, 0.05) is 18.5 Å². The fourth-order valence-corrected chi connectivity index (χ4v) is 2.73. The molecule has 3 rings (SSSR count). The Bertz CT molecular complexity index is 1030. The molecule has 0 fully saturated rings. The quantitative estimate of drug-likeness (QED) is 0.615. The number of rotatable bonds is 7. The molecule has 7 heteroatoms. The number of nitrogens with one attached hydrogen (secondary N) is 2. The molecule has 0 unspecified atom stereocenters. The number of aryl methyl sites for hydroxylation is 1. The molecule has 2 aromatic carbocycles. The Morgan fingerprint density at radius 1 is 1.11 bits per heavy atom. The molecule has 7 nitrogen and oxygen atoms in total. The second-order valence-corrected chi connectivity index (χ2v) is 6.37. The molecular weight excluding hydrogens is 358 g/mol. The number of benzene rings is 2. The van der Waals surface area contributed by atoms with E-state index in [1.165, 1.54) is 6.92 Å². The van der Waals surface area contributed by atoms with Gasteiger partial charge >= 0.3 is 5.97 Å². The maximum atomic E-state index is 12.1. The monoisotopic (exact) mass is 379 g/mol. The predicted molar refractivity (Wildman–Crippen MR) is 106 cm³/mol. The topological polar surface area (TPSA) is 101 Å². The van der Waals surface area contributed by atoms with Crippen molar-refractivity contribution >= 4 is 28.5 Å². The first-order chi connectivity index (χ1) is 13.5. The van der Waals surface area contributed by atoms with Gasteiger partial charge in [-0.25, -0.2) is 4.98 Å². The molecular formula is C21H21N3O4.